The number of carbonyl (C=O) groups excluding carboxylic acids is 1. The minimum atomic E-state index is -0.900. The van der Waals surface area contributed by atoms with E-state index in [2.05, 4.69) is 14.9 Å². The van der Waals surface area contributed by atoms with Gasteiger partial charge in [-0.2, -0.15) is 0 Å². The van der Waals surface area contributed by atoms with Crippen molar-refractivity contribution in [2.75, 3.05) is 5.32 Å². The monoisotopic (exact) mass is 289 g/mol. The molecular weight excluding hydrogens is 284 g/mol. The van der Waals surface area contributed by atoms with Gasteiger partial charge in [-0.3, -0.25) is 4.79 Å². The molecule has 0 aliphatic rings. The van der Waals surface area contributed by atoms with Gasteiger partial charge in [0.25, 0.3) is 5.91 Å². The van der Waals surface area contributed by atoms with Crippen LogP contribution in [0.4, 0.5) is 14.5 Å². The molecule has 1 aromatic heterocycles. The molecule has 0 radical (unpaired) electrons. The summed E-state index contributed by atoms with van der Waals surface area (Å²) in [6.45, 7) is -0.900. The lowest BCUT2D eigenvalue weighted by Crippen LogP contribution is -2.13. The van der Waals surface area contributed by atoms with Gasteiger partial charge in [0.05, 0.1) is 5.69 Å². The first-order valence-electron chi connectivity index (χ1n) is 4.75. The van der Waals surface area contributed by atoms with Gasteiger partial charge < -0.3 is 5.32 Å². The van der Waals surface area contributed by atoms with Crippen molar-refractivity contribution in [3.05, 3.63) is 39.6 Å². The van der Waals surface area contributed by atoms with Gasteiger partial charge in [0.2, 0.25) is 0 Å². The van der Waals surface area contributed by atoms with Crippen molar-refractivity contribution in [2.24, 2.45) is 0 Å². The number of benzene rings is 1. The molecule has 0 fully saturated rings. The highest BCUT2D eigenvalue weighted by Crippen LogP contribution is 2.21. The second-order valence-corrected chi connectivity index (χ2v) is 4.45. The number of hydrogen-bond donors (Lipinski definition) is 1. The molecule has 0 atom stereocenters. The summed E-state index contributed by atoms with van der Waals surface area (Å²) in [4.78, 5) is 11.8. The Hall–Kier alpha value is -1.60. The van der Waals surface area contributed by atoms with Crippen molar-refractivity contribution in [3.63, 3.8) is 0 Å². The number of halogens is 3. The van der Waals surface area contributed by atoms with Crippen LogP contribution in [0, 0.1) is 5.82 Å². The standard InChI is InChI=1S/C10H6ClF2N3OS/c11-5-1-2-7(6(13)3-5)14-10(17)9-8(4-12)15-16-18-9/h1-3H,4H2,(H,14,17). The topological polar surface area (TPSA) is 54.9 Å². The molecule has 1 N–H and O–H groups in total. The van der Waals surface area contributed by atoms with Crippen LogP contribution in [0.15, 0.2) is 18.2 Å². The molecule has 0 saturated carbocycles. The lowest BCUT2D eigenvalue weighted by atomic mass is 10.3. The minimum Gasteiger partial charge on any atom is -0.319 e. The maximum absolute atomic E-state index is 13.4. The Morgan fingerprint density at radius 1 is 1.50 bits per heavy atom. The molecule has 1 amide bonds. The van der Waals surface area contributed by atoms with Crippen LogP contribution in [0.3, 0.4) is 0 Å². The van der Waals surface area contributed by atoms with Crippen LogP contribution in [0.25, 0.3) is 0 Å². The molecule has 0 aliphatic heterocycles. The molecule has 1 heterocycles. The van der Waals surface area contributed by atoms with Gasteiger partial charge in [-0.15, -0.1) is 5.10 Å². The molecule has 0 spiro atoms. The van der Waals surface area contributed by atoms with E-state index in [9.17, 15) is 13.6 Å². The smallest absolute Gasteiger partial charge is 0.269 e. The number of alkyl halides is 1. The molecule has 0 aliphatic carbocycles. The summed E-state index contributed by atoms with van der Waals surface area (Å²) in [6, 6.07) is 3.82. The summed E-state index contributed by atoms with van der Waals surface area (Å²) in [5.74, 6) is -1.33. The van der Waals surface area contributed by atoms with E-state index in [4.69, 9.17) is 11.6 Å². The highest BCUT2D eigenvalue weighted by Gasteiger charge is 2.17. The van der Waals surface area contributed by atoms with Gasteiger partial charge in [-0.25, -0.2) is 8.78 Å². The number of aromatic nitrogens is 2. The van der Waals surface area contributed by atoms with E-state index in [1.165, 1.54) is 12.1 Å². The molecule has 2 rings (SSSR count). The molecule has 0 bridgehead atoms. The van der Waals surface area contributed by atoms with Crippen LogP contribution in [-0.4, -0.2) is 15.5 Å². The lowest BCUT2D eigenvalue weighted by molar-refractivity contribution is 0.102. The molecule has 0 saturated heterocycles. The van der Waals surface area contributed by atoms with Gasteiger partial charge in [0, 0.05) is 5.02 Å². The van der Waals surface area contributed by atoms with E-state index < -0.39 is 18.4 Å². The van der Waals surface area contributed by atoms with Crippen LogP contribution >= 0.6 is 23.1 Å². The Balaban J connectivity index is 2.21. The average molecular weight is 290 g/mol. The van der Waals surface area contributed by atoms with Gasteiger partial charge in [0.1, 0.15) is 23.1 Å². The Labute approximate surface area is 110 Å². The van der Waals surface area contributed by atoms with E-state index in [1.807, 2.05) is 0 Å². The van der Waals surface area contributed by atoms with Crippen LogP contribution in [0.2, 0.25) is 5.02 Å². The molecule has 0 unspecified atom stereocenters. The first-order chi connectivity index (χ1) is 8.61. The first kappa shape index (κ1) is 12.8. The first-order valence-corrected chi connectivity index (χ1v) is 5.90. The minimum absolute atomic E-state index is 0.0202. The van der Waals surface area contributed by atoms with Crippen LogP contribution in [0.1, 0.15) is 15.4 Å². The van der Waals surface area contributed by atoms with Gasteiger partial charge in [-0.1, -0.05) is 16.1 Å². The van der Waals surface area contributed by atoms with Gasteiger partial charge in [-0.05, 0) is 29.7 Å². The summed E-state index contributed by atoms with van der Waals surface area (Å²) in [6.07, 6.45) is 0. The van der Waals surface area contributed by atoms with E-state index in [1.54, 1.807) is 0 Å². The normalized spacial score (nSPS) is 10.4. The predicted molar refractivity (Wildman–Crippen MR) is 64.1 cm³/mol. The van der Waals surface area contributed by atoms with E-state index in [0.717, 1.165) is 17.6 Å². The van der Waals surface area contributed by atoms with Crippen molar-refractivity contribution < 1.29 is 13.6 Å². The number of nitrogens with zero attached hydrogens (tertiary/aromatic N) is 2. The quantitative estimate of drug-likeness (QED) is 0.945. The number of carbonyl (C=O) groups is 1. The Bertz CT molecular complexity index is 590. The fourth-order valence-corrected chi connectivity index (χ4v) is 1.95. The van der Waals surface area contributed by atoms with Gasteiger partial charge >= 0.3 is 0 Å². The highest BCUT2D eigenvalue weighted by molar-refractivity contribution is 7.08. The third kappa shape index (κ3) is 2.62. The number of nitrogens with one attached hydrogen (secondary N) is 1. The van der Waals surface area contributed by atoms with Crippen LogP contribution < -0.4 is 5.32 Å². The van der Waals surface area contributed by atoms with Crippen molar-refractivity contribution in [1.29, 1.82) is 0 Å². The van der Waals surface area contributed by atoms with Crippen molar-refractivity contribution in [1.82, 2.24) is 9.59 Å². The third-order valence-corrected chi connectivity index (χ3v) is 3.07. The molecule has 1 aromatic carbocycles. The zero-order chi connectivity index (χ0) is 13.1. The van der Waals surface area contributed by atoms with Crippen molar-refractivity contribution in [2.45, 2.75) is 6.67 Å². The van der Waals surface area contributed by atoms with Crippen molar-refractivity contribution >= 4 is 34.7 Å². The van der Waals surface area contributed by atoms with Crippen molar-refractivity contribution in [3.8, 4) is 0 Å². The Morgan fingerprint density at radius 2 is 2.28 bits per heavy atom. The molecular formula is C10H6ClF2N3OS. The fraction of sp³-hybridized carbons (Fsp3) is 0.100. The predicted octanol–water partition coefficient (Wildman–Crippen LogP) is 3.05. The summed E-state index contributed by atoms with van der Waals surface area (Å²) in [5, 5.41) is 5.97. The number of rotatable bonds is 3. The van der Waals surface area contributed by atoms with Gasteiger partial charge in [0.15, 0.2) is 0 Å². The number of anilines is 1. The number of hydrogen-bond acceptors (Lipinski definition) is 4. The van der Waals surface area contributed by atoms with Crippen LogP contribution in [-0.2, 0) is 6.67 Å². The molecule has 2 aromatic rings. The summed E-state index contributed by atoms with van der Waals surface area (Å²) >= 11 is 6.33. The molecule has 94 valence electrons. The summed E-state index contributed by atoms with van der Waals surface area (Å²) < 4.78 is 29.4. The number of amides is 1. The van der Waals surface area contributed by atoms with E-state index in [0.29, 0.717) is 0 Å². The molecule has 4 nitrogen and oxygen atoms in total. The maximum atomic E-state index is 13.4. The highest BCUT2D eigenvalue weighted by atomic mass is 35.5. The summed E-state index contributed by atoms with van der Waals surface area (Å²) in [5.41, 5.74) is -0.102. The lowest BCUT2D eigenvalue weighted by Gasteiger charge is -2.05. The average Bonchev–Trinajstić information content (AvgIpc) is 2.81. The van der Waals surface area contributed by atoms with Crippen LogP contribution in [0.5, 0.6) is 0 Å². The largest absolute Gasteiger partial charge is 0.319 e. The SMILES string of the molecule is O=C(Nc1ccc(Cl)cc1F)c1snnc1CF. The fourth-order valence-electron chi connectivity index (χ4n) is 1.24. The zero-order valence-electron chi connectivity index (χ0n) is 8.78. The second-order valence-electron chi connectivity index (χ2n) is 3.26. The van der Waals surface area contributed by atoms with E-state index in [-0.39, 0.29) is 21.3 Å². The maximum Gasteiger partial charge on any atom is 0.269 e. The summed E-state index contributed by atoms with van der Waals surface area (Å²) in [7, 11) is 0. The van der Waals surface area contributed by atoms with E-state index >= 15 is 0 Å². The Morgan fingerprint density at radius 3 is 2.94 bits per heavy atom. The zero-order valence-corrected chi connectivity index (χ0v) is 10.4. The molecule has 8 heteroatoms. The third-order valence-electron chi connectivity index (χ3n) is 2.07. The second kappa shape index (κ2) is 5.36. The molecule has 18 heavy (non-hydrogen) atoms. The Kier molecular flexibility index (Phi) is 3.83.